The number of rotatable bonds is 13. The van der Waals surface area contributed by atoms with Crippen LogP contribution in [-0.4, -0.2) is 85.7 Å². The van der Waals surface area contributed by atoms with Gasteiger partial charge in [0.05, 0.1) is 25.3 Å². The van der Waals surface area contributed by atoms with E-state index < -0.39 is 36.1 Å². The highest BCUT2D eigenvalue weighted by Crippen LogP contribution is 2.35. The van der Waals surface area contributed by atoms with E-state index in [0.29, 0.717) is 22.9 Å². The molecule has 2 aliphatic rings. The molecule has 0 aliphatic carbocycles. The summed E-state index contributed by atoms with van der Waals surface area (Å²) in [6, 6.07) is 29.8. The molecule has 12 heteroatoms. The van der Waals surface area contributed by atoms with Crippen LogP contribution >= 0.6 is 0 Å². The van der Waals surface area contributed by atoms with Gasteiger partial charge in [-0.25, -0.2) is 19.2 Å². The number of hydrogen-bond donors (Lipinski definition) is 4. The molecule has 4 atom stereocenters. The van der Waals surface area contributed by atoms with Gasteiger partial charge in [0.15, 0.2) is 0 Å². The van der Waals surface area contributed by atoms with E-state index in [0.717, 1.165) is 48.6 Å². The third kappa shape index (κ3) is 14.2. The summed E-state index contributed by atoms with van der Waals surface area (Å²) in [5.74, 6) is -3.60. The minimum Gasteiger partial charge on any atom is -0.496 e. The van der Waals surface area contributed by atoms with Crippen molar-refractivity contribution in [3.8, 4) is 11.5 Å². The largest absolute Gasteiger partial charge is 0.496 e. The first-order chi connectivity index (χ1) is 29.4. The van der Waals surface area contributed by atoms with Gasteiger partial charge in [0.2, 0.25) is 12.2 Å². The highest BCUT2D eigenvalue weighted by molar-refractivity contribution is 5.95. The lowest BCUT2D eigenvalue weighted by Crippen LogP contribution is -2.48. The topological polar surface area (TPSA) is 170 Å². The lowest BCUT2D eigenvalue weighted by molar-refractivity contribution is -0.166. The fourth-order valence-corrected chi connectivity index (χ4v) is 7.65. The van der Waals surface area contributed by atoms with Crippen LogP contribution in [0.1, 0.15) is 96.3 Å². The van der Waals surface area contributed by atoms with Crippen molar-refractivity contribution in [3.63, 3.8) is 0 Å². The van der Waals surface area contributed by atoms with Gasteiger partial charge in [0.1, 0.15) is 11.5 Å². The molecule has 2 aliphatic heterocycles. The summed E-state index contributed by atoms with van der Waals surface area (Å²) < 4.78 is 20.5. The molecular formula is C50H64N2O10. The summed E-state index contributed by atoms with van der Waals surface area (Å²) >= 11 is 0. The van der Waals surface area contributed by atoms with E-state index in [2.05, 4.69) is 62.6 Å². The van der Waals surface area contributed by atoms with Gasteiger partial charge in [-0.15, -0.1) is 0 Å². The Morgan fingerprint density at radius 3 is 1.23 bits per heavy atom. The highest BCUT2D eigenvalue weighted by Gasteiger charge is 2.41. The minimum absolute atomic E-state index is 0.0332. The number of piperidine rings is 2. The Bertz CT molecular complexity index is 1930. The van der Waals surface area contributed by atoms with Crippen LogP contribution < -0.4 is 20.1 Å². The van der Waals surface area contributed by atoms with E-state index in [1.807, 2.05) is 24.3 Å². The predicted molar refractivity (Wildman–Crippen MR) is 239 cm³/mol. The number of ether oxygens (including phenoxy) is 4. The van der Waals surface area contributed by atoms with Crippen molar-refractivity contribution in [2.45, 2.75) is 104 Å². The van der Waals surface area contributed by atoms with Gasteiger partial charge in [0, 0.05) is 12.1 Å². The summed E-state index contributed by atoms with van der Waals surface area (Å²) in [6.07, 6.45) is 2.85. The zero-order valence-corrected chi connectivity index (χ0v) is 37.4. The molecule has 0 spiro atoms. The zero-order chi connectivity index (χ0) is 45.5. The molecule has 2 unspecified atom stereocenters. The molecule has 12 nitrogen and oxygen atoms in total. The molecule has 0 amide bonds. The fraction of sp³-hybridized carbons (Fsp3) is 0.440. The van der Waals surface area contributed by atoms with E-state index in [4.69, 9.17) is 18.9 Å². The Balaban J connectivity index is 0.000000215. The van der Waals surface area contributed by atoms with Crippen LogP contribution in [0.3, 0.4) is 0 Å². The highest BCUT2D eigenvalue weighted by atomic mass is 16.6. The molecule has 2 saturated heterocycles. The summed E-state index contributed by atoms with van der Waals surface area (Å²) in [5.41, 5.74) is 5.16. The SMILES string of the molecule is COc1ccccc1C[C@H]1NCCCC1(C)C.COc1ccccc1C[C@H]1NCCCC1(C)C.Cc1ccc(C(=O)OC(C(=O)O)C(OC(=O)c2ccc(C)cc2)C(=O)O)cc1. The van der Waals surface area contributed by atoms with E-state index in [9.17, 15) is 29.4 Å². The standard InChI is InChI=1S/C20H18O8.2C15H23NO/c1-11-3-7-13(8-4-11)19(25)27-15(17(21)22)16(18(23)24)28-20(26)14-9-5-12(2)6-10-14;2*1-15(2)9-6-10-16-14(15)11-12-7-4-5-8-13(12)17-3/h3-10,15-16H,1-2H3,(H,21,22)(H,23,24);2*4-5,7-8,14,16H,6,9-11H2,1-3H3/t;2*14-/m.11/s1. The Labute approximate surface area is 366 Å². The molecule has 6 rings (SSSR count). The number of carboxylic acids is 2. The van der Waals surface area contributed by atoms with Gasteiger partial charge in [-0.3, -0.25) is 0 Å². The number of carbonyl (C=O) groups is 4. The summed E-state index contributed by atoms with van der Waals surface area (Å²) in [5, 5.41) is 25.9. The van der Waals surface area contributed by atoms with E-state index in [-0.39, 0.29) is 11.1 Å². The molecule has 2 fully saturated rings. The fourth-order valence-electron chi connectivity index (χ4n) is 7.65. The average molecular weight is 853 g/mol. The van der Waals surface area contributed by atoms with Crippen LogP contribution in [0.25, 0.3) is 0 Å². The van der Waals surface area contributed by atoms with E-state index in [1.165, 1.54) is 61.1 Å². The van der Waals surface area contributed by atoms with Gasteiger partial charge in [-0.05, 0) is 124 Å². The number of methoxy groups -OCH3 is 2. The second-order valence-corrected chi connectivity index (χ2v) is 17.3. The molecule has 334 valence electrons. The molecule has 0 radical (unpaired) electrons. The predicted octanol–water partition coefficient (Wildman–Crippen LogP) is 8.26. The Morgan fingerprint density at radius 1 is 0.581 bits per heavy atom. The third-order valence-electron chi connectivity index (χ3n) is 11.7. The van der Waals surface area contributed by atoms with Gasteiger partial charge >= 0.3 is 23.9 Å². The first-order valence-electron chi connectivity index (χ1n) is 21.2. The van der Waals surface area contributed by atoms with E-state index >= 15 is 0 Å². The van der Waals surface area contributed by atoms with Gasteiger partial charge in [-0.1, -0.05) is 99.5 Å². The van der Waals surface area contributed by atoms with Crippen LogP contribution in [0.4, 0.5) is 0 Å². The maximum atomic E-state index is 12.2. The summed E-state index contributed by atoms with van der Waals surface area (Å²) in [7, 11) is 3.50. The van der Waals surface area contributed by atoms with Crippen LogP contribution in [0.15, 0.2) is 97.1 Å². The molecule has 4 N–H and O–H groups in total. The summed E-state index contributed by atoms with van der Waals surface area (Å²) in [4.78, 5) is 47.3. The number of nitrogens with one attached hydrogen (secondary N) is 2. The first kappa shape index (κ1) is 48.9. The van der Waals surface area contributed by atoms with Crippen molar-refractivity contribution in [2.75, 3.05) is 27.3 Å². The number of para-hydroxylation sites is 2. The normalized spacial score (nSPS) is 18.5. The van der Waals surface area contributed by atoms with Crippen LogP contribution in [0.2, 0.25) is 0 Å². The molecule has 0 saturated carbocycles. The van der Waals surface area contributed by atoms with Gasteiger partial charge in [-0.2, -0.15) is 0 Å². The van der Waals surface area contributed by atoms with Crippen molar-refractivity contribution in [3.05, 3.63) is 130 Å². The number of hydrogen-bond acceptors (Lipinski definition) is 10. The van der Waals surface area contributed by atoms with Crippen molar-refractivity contribution >= 4 is 23.9 Å². The molecule has 0 aromatic heterocycles. The second-order valence-electron chi connectivity index (χ2n) is 17.3. The lowest BCUT2D eigenvalue weighted by atomic mass is 9.75. The van der Waals surface area contributed by atoms with Gasteiger partial charge < -0.3 is 39.8 Å². The molecule has 0 bridgehead atoms. The van der Waals surface area contributed by atoms with Crippen LogP contribution in [0.5, 0.6) is 11.5 Å². The minimum atomic E-state index is -2.22. The van der Waals surface area contributed by atoms with Crippen LogP contribution in [0, 0.1) is 24.7 Å². The molecular weight excluding hydrogens is 789 g/mol. The monoisotopic (exact) mass is 852 g/mol. The Hall–Kier alpha value is -5.72. The molecule has 2 heterocycles. The maximum Gasteiger partial charge on any atom is 0.349 e. The average Bonchev–Trinajstić information content (AvgIpc) is 3.24. The molecule has 4 aromatic rings. The van der Waals surface area contributed by atoms with Gasteiger partial charge in [0.25, 0.3) is 0 Å². The van der Waals surface area contributed by atoms with Crippen molar-refractivity contribution < 1.29 is 48.3 Å². The number of aryl methyl sites for hydroxylation is 2. The lowest BCUT2D eigenvalue weighted by Gasteiger charge is -2.39. The zero-order valence-electron chi connectivity index (χ0n) is 37.4. The first-order valence-corrected chi connectivity index (χ1v) is 21.2. The molecule has 4 aromatic carbocycles. The Kier molecular flexibility index (Phi) is 18.1. The molecule has 62 heavy (non-hydrogen) atoms. The second kappa shape index (κ2) is 22.9. The third-order valence-corrected chi connectivity index (χ3v) is 11.7. The van der Waals surface area contributed by atoms with Crippen LogP contribution in [-0.2, 0) is 31.9 Å². The number of aliphatic carboxylic acids is 2. The number of carbonyl (C=O) groups excluding carboxylic acids is 2. The van der Waals surface area contributed by atoms with Crippen molar-refractivity contribution in [1.29, 1.82) is 0 Å². The number of benzene rings is 4. The smallest absolute Gasteiger partial charge is 0.349 e. The quantitative estimate of drug-likeness (QED) is 0.0952. The van der Waals surface area contributed by atoms with E-state index in [1.54, 1.807) is 52.3 Å². The maximum absolute atomic E-state index is 12.2. The van der Waals surface area contributed by atoms with Crippen molar-refractivity contribution in [2.24, 2.45) is 10.8 Å². The number of esters is 2. The number of carboxylic acid groups (broad SMARTS) is 2. The van der Waals surface area contributed by atoms with Crippen molar-refractivity contribution in [1.82, 2.24) is 10.6 Å². The Morgan fingerprint density at radius 2 is 0.919 bits per heavy atom. The summed E-state index contributed by atoms with van der Waals surface area (Å²) in [6.45, 7) is 15.3.